The fourth-order valence-electron chi connectivity index (χ4n) is 1.72. The number of hydrogen-bond acceptors (Lipinski definition) is 5. The molecule has 8 N–H and O–H groups in total. The number of aliphatic carboxylic acids is 2. The third kappa shape index (κ3) is 11.3. The number of carboxylic acids is 2. The third-order valence-electron chi connectivity index (χ3n) is 3.19. The Hall–Kier alpha value is -1.96. The highest BCUT2D eigenvalue weighted by Crippen LogP contribution is 2.03. The molecule has 0 saturated carbocycles. The average molecular weight is 325 g/mol. The lowest BCUT2D eigenvalue weighted by atomic mass is 10.1. The smallest absolute Gasteiger partial charge is 0.320 e. The van der Waals surface area contributed by atoms with Crippen LogP contribution in [0.5, 0.6) is 0 Å². The molecule has 1 aromatic rings. The largest absolute Gasteiger partial charge is 0.480 e. The van der Waals surface area contributed by atoms with Gasteiger partial charge in [-0.05, 0) is 37.8 Å². The monoisotopic (exact) mass is 325 g/mol. The van der Waals surface area contributed by atoms with Crippen LogP contribution in [0.4, 0.5) is 0 Å². The van der Waals surface area contributed by atoms with Gasteiger partial charge in [0.1, 0.15) is 12.1 Å². The molecule has 1 aromatic carbocycles. The van der Waals surface area contributed by atoms with Gasteiger partial charge < -0.3 is 27.4 Å². The summed E-state index contributed by atoms with van der Waals surface area (Å²) < 4.78 is 0. The van der Waals surface area contributed by atoms with Gasteiger partial charge in [-0.1, -0.05) is 36.8 Å². The molecule has 0 amide bonds. The molecule has 0 aliphatic carbocycles. The van der Waals surface area contributed by atoms with Crippen molar-refractivity contribution in [3.05, 3.63) is 35.9 Å². The van der Waals surface area contributed by atoms with E-state index in [4.69, 9.17) is 27.4 Å². The molecule has 7 heteroatoms. The predicted molar refractivity (Wildman–Crippen MR) is 88.9 cm³/mol. The van der Waals surface area contributed by atoms with Crippen molar-refractivity contribution in [3.8, 4) is 0 Å². The maximum absolute atomic E-state index is 10.4. The second-order valence-electron chi connectivity index (χ2n) is 5.20. The number of hydrogen-bond donors (Lipinski definition) is 5. The summed E-state index contributed by atoms with van der Waals surface area (Å²) in [5, 5.41) is 16.9. The van der Waals surface area contributed by atoms with E-state index in [9.17, 15) is 9.59 Å². The molecular formula is C16H27N3O4. The van der Waals surface area contributed by atoms with Crippen molar-refractivity contribution >= 4 is 11.9 Å². The van der Waals surface area contributed by atoms with Crippen LogP contribution in [0.25, 0.3) is 0 Å². The van der Waals surface area contributed by atoms with Crippen molar-refractivity contribution in [3.63, 3.8) is 0 Å². The lowest BCUT2D eigenvalue weighted by molar-refractivity contribution is -0.139. The van der Waals surface area contributed by atoms with Crippen LogP contribution in [-0.4, -0.2) is 40.8 Å². The fourth-order valence-corrected chi connectivity index (χ4v) is 1.72. The standard InChI is InChI=1S/C10H13NO2.C6H14N2O2/c11-9(10(12)13)7-6-8-4-2-1-3-5-8;7-4-2-1-3-5(8)6(9)10/h1-5,9H,6-7,11H2,(H,12,13);5H,1-4,7-8H2,(H,9,10). The van der Waals surface area contributed by atoms with E-state index in [0.29, 0.717) is 25.8 Å². The first-order valence-corrected chi connectivity index (χ1v) is 7.59. The Morgan fingerprint density at radius 3 is 1.91 bits per heavy atom. The Balaban J connectivity index is 0.000000438. The summed E-state index contributed by atoms with van der Waals surface area (Å²) in [6.07, 6.45) is 3.37. The van der Waals surface area contributed by atoms with Crippen LogP contribution in [-0.2, 0) is 16.0 Å². The summed E-state index contributed by atoms with van der Waals surface area (Å²) in [6.45, 7) is 0.604. The Kier molecular flexibility index (Phi) is 11.5. The molecule has 0 aromatic heterocycles. The van der Waals surface area contributed by atoms with E-state index in [1.807, 2.05) is 30.3 Å². The molecule has 0 spiro atoms. The topological polar surface area (TPSA) is 153 Å². The van der Waals surface area contributed by atoms with Gasteiger partial charge in [-0.25, -0.2) is 0 Å². The molecule has 23 heavy (non-hydrogen) atoms. The van der Waals surface area contributed by atoms with Gasteiger partial charge in [-0.3, -0.25) is 9.59 Å². The first kappa shape index (κ1) is 21.0. The zero-order chi connectivity index (χ0) is 17.7. The van der Waals surface area contributed by atoms with Crippen LogP contribution in [0, 0.1) is 0 Å². The zero-order valence-corrected chi connectivity index (χ0v) is 13.2. The minimum atomic E-state index is -0.934. The quantitative estimate of drug-likeness (QED) is 0.416. The summed E-state index contributed by atoms with van der Waals surface area (Å²) >= 11 is 0. The molecule has 2 atom stereocenters. The summed E-state index contributed by atoms with van der Waals surface area (Å²) in [5.74, 6) is -1.87. The first-order chi connectivity index (χ1) is 10.9. The van der Waals surface area contributed by atoms with Gasteiger partial charge in [0.2, 0.25) is 0 Å². The van der Waals surface area contributed by atoms with E-state index < -0.39 is 24.0 Å². The number of benzene rings is 1. The molecule has 7 nitrogen and oxygen atoms in total. The normalized spacial score (nSPS) is 12.7. The Morgan fingerprint density at radius 2 is 1.43 bits per heavy atom. The van der Waals surface area contributed by atoms with Gasteiger partial charge in [-0.2, -0.15) is 0 Å². The molecular weight excluding hydrogens is 298 g/mol. The number of rotatable bonds is 9. The van der Waals surface area contributed by atoms with Crippen molar-refractivity contribution in [2.45, 2.75) is 44.2 Å². The van der Waals surface area contributed by atoms with Crippen molar-refractivity contribution in [1.82, 2.24) is 0 Å². The summed E-state index contributed by atoms with van der Waals surface area (Å²) in [5.41, 5.74) is 16.9. The van der Waals surface area contributed by atoms with Gasteiger partial charge >= 0.3 is 11.9 Å². The highest BCUT2D eigenvalue weighted by atomic mass is 16.4. The molecule has 1 rings (SSSR count). The highest BCUT2D eigenvalue weighted by Gasteiger charge is 2.10. The predicted octanol–water partition coefficient (Wildman–Crippen LogP) is 0.558. The van der Waals surface area contributed by atoms with Crippen LogP contribution in [0.1, 0.15) is 31.2 Å². The maximum atomic E-state index is 10.4. The molecule has 0 fully saturated rings. The summed E-state index contributed by atoms with van der Waals surface area (Å²) in [6, 6.07) is 8.26. The van der Waals surface area contributed by atoms with E-state index in [1.54, 1.807) is 0 Å². The third-order valence-corrected chi connectivity index (χ3v) is 3.19. The average Bonchev–Trinajstić information content (AvgIpc) is 2.54. The minimum absolute atomic E-state index is 0.485. The molecule has 0 aliphatic rings. The van der Waals surface area contributed by atoms with Crippen LogP contribution >= 0.6 is 0 Å². The molecule has 130 valence electrons. The number of nitrogens with two attached hydrogens (primary N) is 3. The van der Waals surface area contributed by atoms with Crippen LogP contribution in [0.3, 0.4) is 0 Å². The van der Waals surface area contributed by atoms with Gasteiger partial charge in [0.05, 0.1) is 0 Å². The van der Waals surface area contributed by atoms with E-state index in [0.717, 1.165) is 18.4 Å². The molecule has 0 aliphatic heterocycles. The van der Waals surface area contributed by atoms with E-state index in [1.165, 1.54) is 0 Å². The number of unbranched alkanes of at least 4 members (excludes halogenated alkanes) is 1. The Labute approximate surface area is 136 Å². The van der Waals surface area contributed by atoms with Crippen molar-refractivity contribution < 1.29 is 19.8 Å². The van der Waals surface area contributed by atoms with Gasteiger partial charge in [0.15, 0.2) is 0 Å². The lowest BCUT2D eigenvalue weighted by Gasteiger charge is -2.05. The Morgan fingerprint density at radius 1 is 0.913 bits per heavy atom. The molecule has 0 bridgehead atoms. The second kappa shape index (κ2) is 12.6. The molecule has 2 unspecified atom stereocenters. The van der Waals surface area contributed by atoms with Crippen molar-refractivity contribution in [2.75, 3.05) is 6.54 Å². The first-order valence-electron chi connectivity index (χ1n) is 7.59. The molecule has 0 saturated heterocycles. The lowest BCUT2D eigenvalue weighted by Crippen LogP contribution is -2.30. The maximum Gasteiger partial charge on any atom is 0.320 e. The highest BCUT2D eigenvalue weighted by molar-refractivity contribution is 5.73. The summed E-state index contributed by atoms with van der Waals surface area (Å²) in [7, 11) is 0. The van der Waals surface area contributed by atoms with Gasteiger partial charge in [0, 0.05) is 0 Å². The minimum Gasteiger partial charge on any atom is -0.480 e. The second-order valence-corrected chi connectivity index (χ2v) is 5.20. The number of aryl methyl sites for hydroxylation is 1. The van der Waals surface area contributed by atoms with E-state index >= 15 is 0 Å². The molecule has 0 heterocycles. The van der Waals surface area contributed by atoms with Crippen molar-refractivity contribution in [1.29, 1.82) is 0 Å². The van der Waals surface area contributed by atoms with E-state index in [2.05, 4.69) is 0 Å². The SMILES string of the molecule is NC(CCc1ccccc1)C(=O)O.NCCCCC(N)C(=O)O. The van der Waals surface area contributed by atoms with Crippen molar-refractivity contribution in [2.24, 2.45) is 17.2 Å². The van der Waals surface area contributed by atoms with E-state index in [-0.39, 0.29) is 0 Å². The fraction of sp³-hybridized carbons (Fsp3) is 0.500. The van der Waals surface area contributed by atoms with Gasteiger partial charge in [0.25, 0.3) is 0 Å². The number of carboxylic acid groups (broad SMARTS) is 2. The zero-order valence-electron chi connectivity index (χ0n) is 13.2. The number of carbonyl (C=O) groups is 2. The Bertz CT molecular complexity index is 454. The molecule has 0 radical (unpaired) electrons. The van der Waals surface area contributed by atoms with Crippen LogP contribution in [0.15, 0.2) is 30.3 Å². The van der Waals surface area contributed by atoms with Crippen LogP contribution < -0.4 is 17.2 Å². The summed E-state index contributed by atoms with van der Waals surface area (Å²) in [4.78, 5) is 20.5. The van der Waals surface area contributed by atoms with Gasteiger partial charge in [-0.15, -0.1) is 0 Å². The van der Waals surface area contributed by atoms with Crippen LogP contribution in [0.2, 0.25) is 0 Å².